The molecule has 0 radical (unpaired) electrons. The van der Waals surface area contributed by atoms with Gasteiger partial charge in [-0.15, -0.1) is 0 Å². The highest BCUT2D eigenvalue weighted by atomic mass is 16.4. The third-order valence-corrected chi connectivity index (χ3v) is 3.39. The molecule has 1 N–H and O–H groups in total. The lowest BCUT2D eigenvalue weighted by Crippen LogP contribution is -2.52. The predicted molar refractivity (Wildman–Crippen MR) is 61.7 cm³/mol. The van der Waals surface area contributed by atoms with Gasteiger partial charge in [0.25, 0.3) is 0 Å². The number of carbonyl (C=O) groups excluding carboxylic acids is 1. The van der Waals surface area contributed by atoms with Crippen molar-refractivity contribution in [3.8, 4) is 0 Å². The molecule has 96 valence electrons. The topological polar surface area (TPSA) is 64.1 Å². The second-order valence-corrected chi connectivity index (χ2v) is 4.68. The third kappa shape index (κ3) is 3.41. The zero-order valence-electron chi connectivity index (χ0n) is 9.97. The van der Waals surface area contributed by atoms with Crippen LogP contribution in [-0.2, 0) is 9.59 Å². The number of carboxylic acid groups (broad SMARTS) is 1. The molecule has 6 heteroatoms. The summed E-state index contributed by atoms with van der Waals surface area (Å²) < 4.78 is 0. The van der Waals surface area contributed by atoms with Crippen LogP contribution in [0.25, 0.3) is 0 Å². The van der Waals surface area contributed by atoms with Gasteiger partial charge in [0, 0.05) is 39.3 Å². The van der Waals surface area contributed by atoms with Crippen LogP contribution in [0.3, 0.4) is 0 Å². The van der Waals surface area contributed by atoms with Gasteiger partial charge in [0.05, 0.1) is 13.1 Å². The fourth-order valence-corrected chi connectivity index (χ4v) is 2.15. The molecule has 2 aliphatic rings. The Bertz CT molecular complexity index is 296. The lowest BCUT2D eigenvalue weighted by atomic mass is 10.2. The van der Waals surface area contributed by atoms with Gasteiger partial charge in [0.1, 0.15) is 0 Å². The van der Waals surface area contributed by atoms with Gasteiger partial charge in [-0.05, 0) is 6.42 Å². The van der Waals surface area contributed by atoms with Crippen molar-refractivity contribution in [3.63, 3.8) is 0 Å². The highest BCUT2D eigenvalue weighted by Gasteiger charge is 2.24. The number of carboxylic acids is 1. The second kappa shape index (κ2) is 5.46. The summed E-state index contributed by atoms with van der Waals surface area (Å²) in [6.07, 6.45) is 1.12. The van der Waals surface area contributed by atoms with E-state index in [0.717, 1.165) is 45.7 Å². The molecule has 0 aliphatic carbocycles. The van der Waals surface area contributed by atoms with Gasteiger partial charge in [-0.3, -0.25) is 19.4 Å². The van der Waals surface area contributed by atoms with Crippen molar-refractivity contribution in [1.29, 1.82) is 0 Å². The van der Waals surface area contributed by atoms with Crippen molar-refractivity contribution in [3.05, 3.63) is 0 Å². The van der Waals surface area contributed by atoms with Crippen molar-refractivity contribution in [2.75, 3.05) is 52.4 Å². The van der Waals surface area contributed by atoms with Crippen molar-refractivity contribution in [2.24, 2.45) is 0 Å². The summed E-state index contributed by atoms with van der Waals surface area (Å²) in [6, 6.07) is 0. The summed E-state index contributed by atoms with van der Waals surface area (Å²) in [6.45, 7) is 5.43. The van der Waals surface area contributed by atoms with Crippen molar-refractivity contribution < 1.29 is 14.7 Å². The molecule has 0 aromatic heterocycles. The normalized spacial score (nSPS) is 22.2. The Morgan fingerprint density at radius 2 is 1.41 bits per heavy atom. The predicted octanol–water partition coefficient (Wildman–Crippen LogP) is -1.08. The molecule has 6 nitrogen and oxygen atoms in total. The first-order valence-corrected chi connectivity index (χ1v) is 6.09. The summed E-state index contributed by atoms with van der Waals surface area (Å²) in [5.41, 5.74) is 0. The first-order chi connectivity index (χ1) is 8.15. The summed E-state index contributed by atoms with van der Waals surface area (Å²) in [5, 5.41) is 8.67. The fourth-order valence-electron chi connectivity index (χ4n) is 2.15. The Kier molecular flexibility index (Phi) is 3.96. The first-order valence-electron chi connectivity index (χ1n) is 6.09. The molecule has 2 rings (SSSR count). The molecule has 0 spiro atoms. The number of piperazine rings is 1. The Morgan fingerprint density at radius 3 is 1.82 bits per heavy atom. The summed E-state index contributed by atoms with van der Waals surface area (Å²) in [4.78, 5) is 28.2. The van der Waals surface area contributed by atoms with E-state index in [1.807, 2.05) is 9.80 Å². The summed E-state index contributed by atoms with van der Waals surface area (Å²) in [5.74, 6) is -0.571. The van der Waals surface area contributed by atoms with E-state index in [2.05, 4.69) is 4.90 Å². The van der Waals surface area contributed by atoms with Crippen molar-refractivity contribution in [2.45, 2.75) is 6.42 Å². The van der Waals surface area contributed by atoms with Crippen LogP contribution in [0.15, 0.2) is 0 Å². The number of hydrogen-bond acceptors (Lipinski definition) is 4. The molecule has 0 unspecified atom stereocenters. The van der Waals surface area contributed by atoms with Gasteiger partial charge in [-0.2, -0.15) is 0 Å². The molecule has 2 fully saturated rings. The third-order valence-electron chi connectivity index (χ3n) is 3.39. The molecule has 0 bridgehead atoms. The minimum absolute atomic E-state index is 0.105. The smallest absolute Gasteiger partial charge is 0.317 e. The Labute approximate surface area is 101 Å². The van der Waals surface area contributed by atoms with Gasteiger partial charge in [-0.1, -0.05) is 0 Å². The fraction of sp³-hybridized carbons (Fsp3) is 0.818. The van der Waals surface area contributed by atoms with Gasteiger partial charge < -0.3 is 10.0 Å². The molecule has 0 atom stereocenters. The molecule has 0 aromatic carbocycles. The summed E-state index contributed by atoms with van der Waals surface area (Å²) in [7, 11) is 0. The number of carbonyl (C=O) groups is 2. The Hall–Kier alpha value is -1.14. The maximum Gasteiger partial charge on any atom is 0.317 e. The van der Waals surface area contributed by atoms with Gasteiger partial charge >= 0.3 is 5.97 Å². The first kappa shape index (κ1) is 12.3. The SMILES string of the molecule is O=C(O)CN1CCN(CC(=O)N2CCC2)CC1. The second-order valence-electron chi connectivity index (χ2n) is 4.68. The van der Waals surface area contributed by atoms with Gasteiger partial charge in [0.2, 0.25) is 5.91 Å². The molecular weight excluding hydrogens is 222 g/mol. The van der Waals surface area contributed by atoms with E-state index < -0.39 is 5.97 Å². The van der Waals surface area contributed by atoms with E-state index in [-0.39, 0.29) is 12.5 Å². The number of rotatable bonds is 4. The van der Waals surface area contributed by atoms with Crippen LogP contribution in [0.4, 0.5) is 0 Å². The van der Waals surface area contributed by atoms with Crippen LogP contribution in [-0.4, -0.2) is 84.0 Å². The lowest BCUT2D eigenvalue weighted by molar-refractivity contribution is -0.140. The molecule has 2 saturated heterocycles. The minimum Gasteiger partial charge on any atom is -0.480 e. The van der Waals surface area contributed by atoms with E-state index in [0.29, 0.717) is 6.54 Å². The molecule has 2 heterocycles. The highest BCUT2D eigenvalue weighted by molar-refractivity contribution is 5.78. The average molecular weight is 241 g/mol. The number of aliphatic carboxylic acids is 1. The van der Waals surface area contributed by atoms with E-state index in [1.165, 1.54) is 0 Å². The summed E-state index contributed by atoms with van der Waals surface area (Å²) >= 11 is 0. The number of amides is 1. The highest BCUT2D eigenvalue weighted by Crippen LogP contribution is 2.08. The van der Waals surface area contributed by atoms with Crippen LogP contribution in [0, 0.1) is 0 Å². The molecule has 17 heavy (non-hydrogen) atoms. The Balaban J connectivity index is 1.68. The Morgan fingerprint density at radius 1 is 0.882 bits per heavy atom. The van der Waals surface area contributed by atoms with Crippen LogP contribution in [0.5, 0.6) is 0 Å². The van der Waals surface area contributed by atoms with Crippen LogP contribution in [0.1, 0.15) is 6.42 Å². The largest absolute Gasteiger partial charge is 0.480 e. The van der Waals surface area contributed by atoms with Gasteiger partial charge in [0.15, 0.2) is 0 Å². The van der Waals surface area contributed by atoms with Crippen molar-refractivity contribution >= 4 is 11.9 Å². The minimum atomic E-state index is -0.782. The maximum atomic E-state index is 11.7. The van der Waals surface area contributed by atoms with E-state index in [1.54, 1.807) is 0 Å². The number of hydrogen-bond donors (Lipinski definition) is 1. The number of nitrogens with zero attached hydrogens (tertiary/aromatic N) is 3. The monoisotopic (exact) mass is 241 g/mol. The number of likely N-dealkylation sites (tertiary alicyclic amines) is 1. The van der Waals surface area contributed by atoms with Crippen LogP contribution >= 0.6 is 0 Å². The van der Waals surface area contributed by atoms with E-state index in [4.69, 9.17) is 5.11 Å². The zero-order valence-corrected chi connectivity index (χ0v) is 9.97. The lowest BCUT2D eigenvalue weighted by Gasteiger charge is -2.36. The van der Waals surface area contributed by atoms with E-state index in [9.17, 15) is 9.59 Å². The molecule has 1 amide bonds. The van der Waals surface area contributed by atoms with Gasteiger partial charge in [-0.25, -0.2) is 0 Å². The molecule has 0 aromatic rings. The molecule has 0 saturated carbocycles. The zero-order chi connectivity index (χ0) is 12.3. The molecular formula is C11H19N3O3. The average Bonchev–Trinajstić information content (AvgIpc) is 2.17. The van der Waals surface area contributed by atoms with Crippen LogP contribution in [0.2, 0.25) is 0 Å². The quantitative estimate of drug-likeness (QED) is 0.678. The molecule has 2 aliphatic heterocycles. The van der Waals surface area contributed by atoms with Crippen LogP contribution < -0.4 is 0 Å². The van der Waals surface area contributed by atoms with E-state index >= 15 is 0 Å². The van der Waals surface area contributed by atoms with Crippen molar-refractivity contribution in [1.82, 2.24) is 14.7 Å². The standard InChI is InChI=1S/C11H19N3O3/c15-10(14-2-1-3-14)8-12-4-6-13(7-5-12)9-11(16)17/h1-9H2,(H,16,17). The maximum absolute atomic E-state index is 11.7.